The molecule has 2 aromatic carbocycles. The SMILES string of the molecule is OC1(c2ccc3c(c2)CCCC3)c2ccccc2C2=NCCCN21. The van der Waals surface area contributed by atoms with E-state index in [2.05, 4.69) is 35.2 Å². The quantitative estimate of drug-likeness (QED) is 0.876. The van der Waals surface area contributed by atoms with Gasteiger partial charge in [0, 0.05) is 29.8 Å². The molecule has 5 rings (SSSR count). The first-order valence-electron chi connectivity index (χ1n) is 9.05. The highest BCUT2D eigenvalue weighted by Crippen LogP contribution is 2.44. The molecule has 1 aliphatic carbocycles. The van der Waals surface area contributed by atoms with Crippen LogP contribution in [0.3, 0.4) is 0 Å². The topological polar surface area (TPSA) is 35.8 Å². The summed E-state index contributed by atoms with van der Waals surface area (Å²) in [4.78, 5) is 6.83. The van der Waals surface area contributed by atoms with E-state index in [1.165, 1.54) is 30.4 Å². The van der Waals surface area contributed by atoms with E-state index in [0.717, 1.165) is 48.5 Å². The molecule has 2 aliphatic heterocycles. The third kappa shape index (κ3) is 1.85. The smallest absolute Gasteiger partial charge is 0.193 e. The van der Waals surface area contributed by atoms with Crippen LogP contribution in [0.2, 0.25) is 0 Å². The normalized spacial score (nSPS) is 24.9. The molecule has 0 saturated carbocycles. The Bertz CT molecular complexity index is 841. The van der Waals surface area contributed by atoms with E-state index in [0.29, 0.717) is 0 Å². The highest BCUT2D eigenvalue weighted by atomic mass is 16.3. The molecule has 3 aliphatic rings. The van der Waals surface area contributed by atoms with Crippen molar-refractivity contribution in [3.63, 3.8) is 0 Å². The largest absolute Gasteiger partial charge is 0.363 e. The van der Waals surface area contributed by atoms with Crippen molar-refractivity contribution in [2.24, 2.45) is 4.99 Å². The average molecular weight is 318 g/mol. The van der Waals surface area contributed by atoms with Gasteiger partial charge in [0.2, 0.25) is 0 Å². The van der Waals surface area contributed by atoms with Crippen LogP contribution in [0.15, 0.2) is 47.5 Å². The van der Waals surface area contributed by atoms with Crippen molar-refractivity contribution in [1.82, 2.24) is 4.90 Å². The Kier molecular flexibility index (Phi) is 3.07. The fourth-order valence-electron chi connectivity index (χ4n) is 4.54. The van der Waals surface area contributed by atoms with Crippen molar-refractivity contribution < 1.29 is 5.11 Å². The molecule has 0 spiro atoms. The molecule has 0 aromatic heterocycles. The van der Waals surface area contributed by atoms with E-state index in [4.69, 9.17) is 4.99 Å². The molecule has 0 fully saturated rings. The molecule has 1 atom stereocenters. The van der Waals surface area contributed by atoms with Crippen LogP contribution in [0.1, 0.15) is 47.1 Å². The Balaban J connectivity index is 1.71. The zero-order chi connectivity index (χ0) is 16.1. The summed E-state index contributed by atoms with van der Waals surface area (Å²) in [6.07, 6.45) is 5.82. The molecule has 3 heteroatoms. The summed E-state index contributed by atoms with van der Waals surface area (Å²) < 4.78 is 0. The van der Waals surface area contributed by atoms with Crippen molar-refractivity contribution in [3.05, 3.63) is 70.3 Å². The lowest BCUT2D eigenvalue weighted by molar-refractivity contribution is -0.0318. The number of rotatable bonds is 1. The summed E-state index contributed by atoms with van der Waals surface area (Å²) in [5.41, 5.74) is 4.82. The van der Waals surface area contributed by atoms with E-state index in [-0.39, 0.29) is 0 Å². The van der Waals surface area contributed by atoms with Gasteiger partial charge in [-0.1, -0.05) is 42.5 Å². The van der Waals surface area contributed by atoms with E-state index in [1.54, 1.807) is 0 Å². The Morgan fingerprint density at radius 2 is 1.79 bits per heavy atom. The summed E-state index contributed by atoms with van der Waals surface area (Å²) in [7, 11) is 0. The van der Waals surface area contributed by atoms with Gasteiger partial charge in [0.05, 0.1) is 0 Å². The van der Waals surface area contributed by atoms with E-state index in [1.807, 2.05) is 12.1 Å². The molecule has 2 aromatic rings. The number of fused-ring (bicyclic) bond motifs is 4. The fourth-order valence-corrected chi connectivity index (χ4v) is 4.54. The highest BCUT2D eigenvalue weighted by molar-refractivity contribution is 6.04. The van der Waals surface area contributed by atoms with Gasteiger partial charge in [-0.25, -0.2) is 0 Å². The maximum atomic E-state index is 11.9. The minimum absolute atomic E-state index is 0.848. The lowest BCUT2D eigenvalue weighted by atomic mass is 9.86. The molecule has 1 unspecified atom stereocenters. The molecule has 0 amide bonds. The standard InChI is InChI=1S/C21H22N2O/c24-21(17-11-10-15-6-1-2-7-16(15)14-17)19-9-4-3-8-18(19)20-22-12-5-13-23(20)21/h3-4,8-11,14,24H,1-2,5-7,12-13H2. The van der Waals surface area contributed by atoms with Crippen molar-refractivity contribution in [2.45, 2.75) is 37.8 Å². The van der Waals surface area contributed by atoms with Crippen LogP contribution in [0, 0.1) is 0 Å². The van der Waals surface area contributed by atoms with Crippen LogP contribution in [0.4, 0.5) is 0 Å². The highest BCUT2D eigenvalue weighted by Gasteiger charge is 2.48. The van der Waals surface area contributed by atoms with E-state index >= 15 is 0 Å². The molecular weight excluding hydrogens is 296 g/mol. The zero-order valence-corrected chi connectivity index (χ0v) is 13.8. The van der Waals surface area contributed by atoms with Crippen molar-refractivity contribution >= 4 is 5.84 Å². The lowest BCUT2D eigenvalue weighted by Gasteiger charge is -2.38. The summed E-state index contributed by atoms with van der Waals surface area (Å²) in [5, 5.41) is 11.9. The van der Waals surface area contributed by atoms with Crippen molar-refractivity contribution in [1.29, 1.82) is 0 Å². The van der Waals surface area contributed by atoms with Gasteiger partial charge in [0.15, 0.2) is 5.72 Å². The Morgan fingerprint density at radius 3 is 2.71 bits per heavy atom. The van der Waals surface area contributed by atoms with Crippen molar-refractivity contribution in [2.75, 3.05) is 13.1 Å². The van der Waals surface area contributed by atoms with Gasteiger partial charge < -0.3 is 10.0 Å². The third-order valence-corrected chi connectivity index (χ3v) is 5.74. The maximum Gasteiger partial charge on any atom is 0.193 e. The zero-order valence-electron chi connectivity index (χ0n) is 13.8. The number of hydrogen-bond acceptors (Lipinski definition) is 3. The first-order valence-corrected chi connectivity index (χ1v) is 9.05. The molecule has 1 N–H and O–H groups in total. The fraction of sp³-hybridized carbons (Fsp3) is 0.381. The number of nitrogens with zero attached hydrogens (tertiary/aromatic N) is 2. The van der Waals surface area contributed by atoms with Gasteiger partial charge in [-0.3, -0.25) is 4.99 Å². The molecule has 0 bridgehead atoms. The molecule has 122 valence electrons. The summed E-state index contributed by atoms with van der Waals surface area (Å²) in [6, 6.07) is 14.8. The molecule has 24 heavy (non-hydrogen) atoms. The van der Waals surface area contributed by atoms with Gasteiger partial charge in [-0.2, -0.15) is 0 Å². The van der Waals surface area contributed by atoms with Gasteiger partial charge in [0.1, 0.15) is 5.84 Å². The Labute approximate surface area is 142 Å². The van der Waals surface area contributed by atoms with Crippen LogP contribution in [-0.4, -0.2) is 28.9 Å². The van der Waals surface area contributed by atoms with Gasteiger partial charge in [-0.15, -0.1) is 0 Å². The average Bonchev–Trinajstić information content (AvgIpc) is 2.92. The Hall–Kier alpha value is -2.13. The van der Waals surface area contributed by atoms with Crippen LogP contribution >= 0.6 is 0 Å². The lowest BCUT2D eigenvalue weighted by Crippen LogP contribution is -2.47. The van der Waals surface area contributed by atoms with Crippen LogP contribution in [0.25, 0.3) is 0 Å². The minimum Gasteiger partial charge on any atom is -0.363 e. The number of aliphatic imine (C=N–C) groups is 1. The second kappa shape index (κ2) is 5.18. The van der Waals surface area contributed by atoms with Gasteiger partial charge in [-0.05, 0) is 43.2 Å². The number of hydrogen-bond donors (Lipinski definition) is 1. The molecule has 2 heterocycles. The second-order valence-corrected chi connectivity index (χ2v) is 7.12. The van der Waals surface area contributed by atoms with Crippen LogP contribution in [-0.2, 0) is 18.6 Å². The second-order valence-electron chi connectivity index (χ2n) is 7.12. The van der Waals surface area contributed by atoms with E-state index < -0.39 is 5.72 Å². The first-order chi connectivity index (χ1) is 11.8. The number of amidine groups is 1. The predicted molar refractivity (Wildman–Crippen MR) is 95.3 cm³/mol. The number of aliphatic hydroxyl groups is 1. The van der Waals surface area contributed by atoms with Gasteiger partial charge >= 0.3 is 0 Å². The van der Waals surface area contributed by atoms with E-state index in [9.17, 15) is 5.11 Å². The van der Waals surface area contributed by atoms with Gasteiger partial charge in [0.25, 0.3) is 0 Å². The molecular formula is C21H22N2O. The Morgan fingerprint density at radius 1 is 0.958 bits per heavy atom. The van der Waals surface area contributed by atoms with Crippen LogP contribution < -0.4 is 0 Å². The summed E-state index contributed by atoms with van der Waals surface area (Å²) >= 11 is 0. The minimum atomic E-state index is -1.08. The first kappa shape index (κ1) is 14.2. The molecule has 0 saturated heterocycles. The molecule has 3 nitrogen and oxygen atoms in total. The molecule has 0 radical (unpaired) electrons. The number of aryl methyl sites for hydroxylation is 2. The van der Waals surface area contributed by atoms with Crippen molar-refractivity contribution in [3.8, 4) is 0 Å². The monoisotopic (exact) mass is 318 g/mol. The summed E-state index contributed by atoms with van der Waals surface area (Å²) in [5.74, 6) is 0.956. The number of benzene rings is 2. The van der Waals surface area contributed by atoms with Crippen LogP contribution in [0.5, 0.6) is 0 Å². The predicted octanol–water partition coefficient (Wildman–Crippen LogP) is 3.22. The maximum absolute atomic E-state index is 11.9. The third-order valence-electron chi connectivity index (χ3n) is 5.74. The summed E-state index contributed by atoms with van der Waals surface area (Å²) in [6.45, 7) is 1.70.